The van der Waals surface area contributed by atoms with Gasteiger partial charge in [-0.25, -0.2) is 4.79 Å². The van der Waals surface area contributed by atoms with Gasteiger partial charge in [-0.05, 0) is 37.6 Å². The zero-order chi connectivity index (χ0) is 24.3. The standard InChI is InChI=1S/C23H24ClN5O5S/c1-2-15(30)28-8-6-11(9-28)26-21(31)20-17-16-13(5-7-25-22(16)35-20)29(23(32)27-17)18-12(24)3-4-14-19(18)34-10-33-14/h2-4,11,13,16,22,25H,1,5-10H2,(H,26,31)(H,27,32)/t11-,13?,16?,22?/m1/s1. The van der Waals surface area contributed by atoms with Crippen LogP contribution in [-0.4, -0.2) is 66.6 Å². The van der Waals surface area contributed by atoms with Crippen LogP contribution in [0.5, 0.6) is 11.5 Å². The Morgan fingerprint density at radius 2 is 2.14 bits per heavy atom. The molecule has 5 aliphatic heterocycles. The first-order chi connectivity index (χ1) is 17.0. The Labute approximate surface area is 211 Å². The highest BCUT2D eigenvalue weighted by Crippen LogP contribution is 2.52. The maximum Gasteiger partial charge on any atom is 0.326 e. The van der Waals surface area contributed by atoms with Crippen LogP contribution in [0.1, 0.15) is 12.8 Å². The van der Waals surface area contributed by atoms with Crippen molar-refractivity contribution in [3.05, 3.63) is 40.4 Å². The van der Waals surface area contributed by atoms with E-state index in [1.807, 2.05) is 0 Å². The van der Waals surface area contributed by atoms with Crippen LogP contribution >= 0.6 is 23.4 Å². The highest BCUT2D eigenvalue weighted by Gasteiger charge is 2.53. The number of hydrogen-bond acceptors (Lipinski definition) is 7. The third kappa shape index (κ3) is 3.64. The maximum absolute atomic E-state index is 13.5. The van der Waals surface area contributed by atoms with Gasteiger partial charge in [0.1, 0.15) is 5.69 Å². The highest BCUT2D eigenvalue weighted by molar-refractivity contribution is 8.04. The van der Waals surface area contributed by atoms with Gasteiger partial charge in [-0.1, -0.05) is 29.9 Å². The number of anilines is 1. The first-order valence-corrected chi connectivity index (χ1v) is 12.8. The van der Waals surface area contributed by atoms with Crippen LogP contribution < -0.4 is 30.3 Å². The van der Waals surface area contributed by atoms with Gasteiger partial charge in [-0.15, -0.1) is 0 Å². The second kappa shape index (κ2) is 8.65. The number of ether oxygens (including phenoxy) is 2. The molecule has 3 saturated heterocycles. The number of fused-ring (bicyclic) bond motifs is 1. The van der Waals surface area contributed by atoms with E-state index in [0.717, 1.165) is 0 Å². The summed E-state index contributed by atoms with van der Waals surface area (Å²) >= 11 is 7.99. The molecule has 0 saturated carbocycles. The molecule has 0 bridgehead atoms. The number of halogens is 1. The van der Waals surface area contributed by atoms with Gasteiger partial charge in [0.25, 0.3) is 5.91 Å². The lowest BCUT2D eigenvalue weighted by Gasteiger charge is -2.46. The quantitative estimate of drug-likeness (QED) is 0.522. The van der Waals surface area contributed by atoms with Crippen molar-refractivity contribution in [3.63, 3.8) is 0 Å². The molecule has 0 radical (unpaired) electrons. The fraction of sp³-hybridized carbons (Fsp3) is 0.435. The Morgan fingerprint density at radius 1 is 1.29 bits per heavy atom. The monoisotopic (exact) mass is 517 g/mol. The molecule has 3 N–H and O–H groups in total. The maximum atomic E-state index is 13.5. The number of nitrogens with one attached hydrogen (secondary N) is 3. The average Bonchev–Trinajstić information content (AvgIpc) is 3.59. The second-order valence-corrected chi connectivity index (χ2v) is 10.6. The molecule has 184 valence electrons. The van der Waals surface area contributed by atoms with E-state index in [1.165, 1.54) is 17.8 Å². The molecule has 5 heterocycles. The number of nitrogens with zero attached hydrogens (tertiary/aromatic N) is 2. The molecule has 0 aromatic heterocycles. The topological polar surface area (TPSA) is 112 Å². The molecule has 1 aromatic rings. The van der Waals surface area contributed by atoms with Crippen LogP contribution in [-0.2, 0) is 9.59 Å². The van der Waals surface area contributed by atoms with E-state index >= 15 is 0 Å². The molecule has 3 unspecified atom stereocenters. The summed E-state index contributed by atoms with van der Waals surface area (Å²) in [5, 5.41) is 9.84. The molecule has 5 aliphatic rings. The van der Waals surface area contributed by atoms with Crippen LogP contribution in [0.2, 0.25) is 5.02 Å². The van der Waals surface area contributed by atoms with Gasteiger partial charge < -0.3 is 30.3 Å². The van der Waals surface area contributed by atoms with E-state index < -0.39 is 0 Å². The molecule has 4 amide bonds. The fourth-order valence-corrected chi connectivity index (χ4v) is 7.14. The zero-order valence-corrected chi connectivity index (χ0v) is 20.3. The van der Waals surface area contributed by atoms with E-state index in [-0.39, 0.29) is 48.0 Å². The summed E-state index contributed by atoms with van der Waals surface area (Å²) in [7, 11) is 0. The first kappa shape index (κ1) is 22.6. The smallest absolute Gasteiger partial charge is 0.326 e. The minimum absolute atomic E-state index is 0.0669. The number of carbonyl (C=O) groups is 3. The van der Waals surface area contributed by atoms with Gasteiger partial charge in [0.05, 0.1) is 21.3 Å². The van der Waals surface area contributed by atoms with Crippen molar-refractivity contribution >= 4 is 46.9 Å². The molecule has 0 aliphatic carbocycles. The van der Waals surface area contributed by atoms with Crippen molar-refractivity contribution in [2.75, 3.05) is 31.3 Å². The molecule has 1 aromatic carbocycles. The average molecular weight is 518 g/mol. The molecule has 4 atom stereocenters. The number of urea groups is 1. The third-order valence-corrected chi connectivity index (χ3v) is 8.72. The van der Waals surface area contributed by atoms with Gasteiger partial charge in [0.2, 0.25) is 12.7 Å². The van der Waals surface area contributed by atoms with Gasteiger partial charge >= 0.3 is 6.03 Å². The van der Waals surface area contributed by atoms with Crippen molar-refractivity contribution in [1.29, 1.82) is 0 Å². The van der Waals surface area contributed by atoms with Crippen molar-refractivity contribution < 1.29 is 23.9 Å². The van der Waals surface area contributed by atoms with Crippen molar-refractivity contribution in [2.24, 2.45) is 5.92 Å². The van der Waals surface area contributed by atoms with E-state index in [2.05, 4.69) is 22.5 Å². The number of benzene rings is 1. The number of carbonyl (C=O) groups excluding carboxylic acids is 3. The van der Waals surface area contributed by atoms with Crippen LogP contribution in [0.25, 0.3) is 0 Å². The molecule has 35 heavy (non-hydrogen) atoms. The highest BCUT2D eigenvalue weighted by atomic mass is 35.5. The Hall–Kier alpha value is -2.89. The van der Waals surface area contributed by atoms with E-state index in [9.17, 15) is 14.4 Å². The van der Waals surface area contributed by atoms with Crippen molar-refractivity contribution in [2.45, 2.75) is 30.3 Å². The zero-order valence-electron chi connectivity index (χ0n) is 18.7. The van der Waals surface area contributed by atoms with Gasteiger partial charge in [0, 0.05) is 30.7 Å². The summed E-state index contributed by atoms with van der Waals surface area (Å²) in [6.45, 7) is 5.30. The van der Waals surface area contributed by atoms with Crippen LogP contribution in [0.4, 0.5) is 10.5 Å². The number of likely N-dealkylation sites (tertiary alicyclic amines) is 1. The lowest BCUT2D eigenvalue weighted by atomic mass is 9.86. The molecule has 6 rings (SSSR count). The lowest BCUT2D eigenvalue weighted by Crippen LogP contribution is -2.62. The van der Waals surface area contributed by atoms with Gasteiger partial charge in [-0.3, -0.25) is 14.5 Å². The molecular formula is C23H24ClN5O5S. The molecule has 3 fully saturated rings. The number of hydrogen-bond donors (Lipinski definition) is 3. The summed E-state index contributed by atoms with van der Waals surface area (Å²) in [6.07, 6.45) is 2.65. The van der Waals surface area contributed by atoms with Crippen LogP contribution in [0, 0.1) is 5.92 Å². The van der Waals surface area contributed by atoms with Gasteiger partial charge in [0.15, 0.2) is 11.5 Å². The predicted octanol–water partition coefficient (Wildman–Crippen LogP) is 1.76. The SMILES string of the molecule is C=CC(=O)N1CC[C@@H](NC(=O)C2=C3NC(=O)N(c4c(Cl)ccc5c4OCO5)C4CCNC(S2)C34)C1. The largest absolute Gasteiger partial charge is 0.454 e. The van der Waals surface area contributed by atoms with Gasteiger partial charge in [-0.2, -0.15) is 0 Å². The molecule has 0 spiro atoms. The predicted molar refractivity (Wildman–Crippen MR) is 130 cm³/mol. The summed E-state index contributed by atoms with van der Waals surface area (Å²) in [4.78, 5) is 42.5. The molecule has 10 nitrogen and oxygen atoms in total. The van der Waals surface area contributed by atoms with Crippen LogP contribution in [0.3, 0.4) is 0 Å². The van der Waals surface area contributed by atoms with E-state index in [4.69, 9.17) is 21.1 Å². The Balaban J connectivity index is 1.28. The number of amides is 4. The molecule has 12 heteroatoms. The van der Waals surface area contributed by atoms with E-state index in [1.54, 1.807) is 21.9 Å². The Morgan fingerprint density at radius 3 is 2.97 bits per heavy atom. The summed E-state index contributed by atoms with van der Waals surface area (Å²) in [5.74, 6) is 0.507. The third-order valence-electron chi connectivity index (χ3n) is 7.06. The Kier molecular flexibility index (Phi) is 5.58. The minimum Gasteiger partial charge on any atom is -0.454 e. The normalized spacial score (nSPS) is 28.7. The number of rotatable bonds is 4. The van der Waals surface area contributed by atoms with Crippen LogP contribution in [0.15, 0.2) is 35.4 Å². The summed E-state index contributed by atoms with van der Waals surface area (Å²) < 4.78 is 11.2. The number of piperidine rings is 1. The molecular weight excluding hydrogens is 494 g/mol. The fourth-order valence-electron chi connectivity index (χ4n) is 5.50. The minimum atomic E-state index is -0.357. The summed E-state index contributed by atoms with van der Waals surface area (Å²) in [6, 6.07) is 2.72. The lowest BCUT2D eigenvalue weighted by molar-refractivity contribution is -0.125. The summed E-state index contributed by atoms with van der Waals surface area (Å²) in [5.41, 5.74) is 1.12. The van der Waals surface area contributed by atoms with Crippen molar-refractivity contribution in [3.8, 4) is 11.5 Å². The Bertz CT molecular complexity index is 1180. The second-order valence-electron chi connectivity index (χ2n) is 8.99. The van der Waals surface area contributed by atoms with Crippen molar-refractivity contribution in [1.82, 2.24) is 20.9 Å². The first-order valence-electron chi connectivity index (χ1n) is 11.5. The van der Waals surface area contributed by atoms with E-state index in [0.29, 0.717) is 65.3 Å². The number of thioether (sulfide) groups is 1.